The third-order valence-corrected chi connectivity index (χ3v) is 1.30. The van der Waals surface area contributed by atoms with Crippen LogP contribution in [0.1, 0.15) is 20.3 Å². The summed E-state index contributed by atoms with van der Waals surface area (Å²) in [7, 11) is 0. The van der Waals surface area contributed by atoms with Crippen molar-refractivity contribution in [2.24, 2.45) is 5.92 Å². The van der Waals surface area contributed by atoms with Gasteiger partial charge in [-0.1, -0.05) is 20.3 Å². The van der Waals surface area contributed by atoms with Crippen molar-refractivity contribution in [1.82, 2.24) is 5.32 Å². The van der Waals surface area contributed by atoms with Crippen LogP contribution in [-0.2, 0) is 0 Å². The van der Waals surface area contributed by atoms with Gasteiger partial charge in [0.15, 0.2) is 0 Å². The van der Waals surface area contributed by atoms with Crippen LogP contribution in [0, 0.1) is 5.92 Å². The Kier molecular flexibility index (Phi) is 3.84. The van der Waals surface area contributed by atoms with Gasteiger partial charge in [0.05, 0.1) is 0 Å². The van der Waals surface area contributed by atoms with Gasteiger partial charge < -0.3 is 10.4 Å². The van der Waals surface area contributed by atoms with Crippen molar-refractivity contribution in [2.75, 3.05) is 6.54 Å². The van der Waals surface area contributed by atoms with Gasteiger partial charge in [0.25, 0.3) is 0 Å². The van der Waals surface area contributed by atoms with Gasteiger partial charge in [-0.15, -0.1) is 0 Å². The number of amides is 1. The molecule has 0 aromatic heterocycles. The van der Waals surface area contributed by atoms with Crippen molar-refractivity contribution in [3.63, 3.8) is 0 Å². The monoisotopic (exact) mass is 131 g/mol. The minimum absolute atomic E-state index is 0.445. The predicted molar refractivity (Wildman–Crippen MR) is 35.5 cm³/mol. The summed E-state index contributed by atoms with van der Waals surface area (Å²) < 4.78 is 0. The van der Waals surface area contributed by atoms with E-state index in [0.717, 1.165) is 6.42 Å². The maximum atomic E-state index is 9.91. The number of carboxylic acid groups (broad SMARTS) is 1. The number of nitrogens with one attached hydrogen (secondary N) is 1. The topological polar surface area (TPSA) is 49.3 Å². The second-order valence-electron chi connectivity index (χ2n) is 2.20. The molecule has 0 aliphatic carbocycles. The van der Waals surface area contributed by atoms with Gasteiger partial charge in [-0.3, -0.25) is 0 Å². The van der Waals surface area contributed by atoms with Gasteiger partial charge in [-0.05, 0) is 5.92 Å². The molecule has 2 N–H and O–H groups in total. The highest BCUT2D eigenvalue weighted by molar-refractivity contribution is 5.64. The highest BCUT2D eigenvalue weighted by atomic mass is 16.4. The Morgan fingerprint density at radius 2 is 2.33 bits per heavy atom. The Morgan fingerprint density at radius 3 is 2.67 bits per heavy atom. The summed E-state index contributed by atoms with van der Waals surface area (Å²) in [6.07, 6.45) is 0.0793. The van der Waals surface area contributed by atoms with E-state index in [1.165, 1.54) is 0 Å². The molecule has 0 fully saturated rings. The molecular formula is C6H13NO2. The lowest BCUT2D eigenvalue weighted by atomic mass is 10.1. The van der Waals surface area contributed by atoms with Gasteiger partial charge >= 0.3 is 6.09 Å². The first-order valence-electron chi connectivity index (χ1n) is 3.13. The van der Waals surface area contributed by atoms with E-state index < -0.39 is 6.09 Å². The first-order valence-corrected chi connectivity index (χ1v) is 3.13. The van der Waals surface area contributed by atoms with Gasteiger partial charge in [0, 0.05) is 6.54 Å². The minimum atomic E-state index is -0.935. The van der Waals surface area contributed by atoms with Crippen LogP contribution in [0.2, 0.25) is 0 Å². The molecule has 1 amide bonds. The van der Waals surface area contributed by atoms with E-state index in [-0.39, 0.29) is 0 Å². The maximum absolute atomic E-state index is 9.91. The fourth-order valence-electron chi connectivity index (χ4n) is 0.406. The molecule has 0 spiro atoms. The molecule has 0 saturated heterocycles. The number of carbonyl (C=O) groups is 1. The number of hydrogen-bond donors (Lipinski definition) is 2. The Bertz CT molecular complexity index is 93.1. The second kappa shape index (κ2) is 4.18. The zero-order valence-corrected chi connectivity index (χ0v) is 5.85. The van der Waals surface area contributed by atoms with Crippen LogP contribution >= 0.6 is 0 Å². The molecule has 3 heteroatoms. The molecule has 0 rings (SSSR count). The molecule has 54 valence electrons. The Balaban J connectivity index is 3.16. The molecule has 0 saturated carbocycles. The fraction of sp³-hybridized carbons (Fsp3) is 0.833. The van der Waals surface area contributed by atoms with Crippen molar-refractivity contribution in [3.8, 4) is 0 Å². The molecule has 0 unspecified atom stereocenters. The fourth-order valence-corrected chi connectivity index (χ4v) is 0.406. The van der Waals surface area contributed by atoms with E-state index in [9.17, 15) is 4.79 Å². The molecule has 9 heavy (non-hydrogen) atoms. The lowest BCUT2D eigenvalue weighted by Crippen LogP contribution is -2.25. The van der Waals surface area contributed by atoms with Crippen molar-refractivity contribution in [1.29, 1.82) is 0 Å². The summed E-state index contributed by atoms with van der Waals surface area (Å²) in [4.78, 5) is 9.91. The van der Waals surface area contributed by atoms with Gasteiger partial charge in [0.2, 0.25) is 0 Å². The lowest BCUT2D eigenvalue weighted by Gasteiger charge is -2.05. The van der Waals surface area contributed by atoms with Crippen LogP contribution in [0.25, 0.3) is 0 Å². The van der Waals surface area contributed by atoms with E-state index in [4.69, 9.17) is 5.11 Å². The van der Waals surface area contributed by atoms with E-state index >= 15 is 0 Å². The first kappa shape index (κ1) is 8.27. The molecule has 0 aliphatic heterocycles. The zero-order chi connectivity index (χ0) is 7.28. The highest BCUT2D eigenvalue weighted by Crippen LogP contribution is 1.96. The standard InChI is InChI=1S/C6H13NO2/c1-3-5(2)4-7-6(8)9/h5,7H,3-4H2,1-2H3,(H,8,9)/t5-/m0/s1. The molecule has 0 heterocycles. The summed E-state index contributed by atoms with van der Waals surface area (Å²) in [5.41, 5.74) is 0. The Labute approximate surface area is 55.1 Å². The lowest BCUT2D eigenvalue weighted by molar-refractivity contribution is 0.192. The maximum Gasteiger partial charge on any atom is 0.404 e. The molecule has 3 nitrogen and oxygen atoms in total. The predicted octanol–water partition coefficient (Wildman–Crippen LogP) is 1.30. The smallest absolute Gasteiger partial charge is 0.404 e. The first-order chi connectivity index (χ1) is 4.16. The summed E-state index contributed by atoms with van der Waals surface area (Å²) in [5.74, 6) is 0.445. The average molecular weight is 131 g/mol. The summed E-state index contributed by atoms with van der Waals surface area (Å²) in [6, 6.07) is 0. The Morgan fingerprint density at radius 1 is 1.78 bits per heavy atom. The van der Waals surface area contributed by atoms with Gasteiger partial charge in [0.1, 0.15) is 0 Å². The largest absolute Gasteiger partial charge is 0.465 e. The van der Waals surface area contributed by atoms with Crippen LogP contribution in [-0.4, -0.2) is 17.7 Å². The SMILES string of the molecule is CC[C@H](C)CNC(=O)O. The molecule has 0 bridgehead atoms. The van der Waals surface area contributed by atoms with Crippen LogP contribution in [0.4, 0.5) is 4.79 Å². The quantitative estimate of drug-likeness (QED) is 0.606. The highest BCUT2D eigenvalue weighted by Gasteiger charge is 1.99. The van der Waals surface area contributed by atoms with E-state index in [1.807, 2.05) is 13.8 Å². The number of hydrogen-bond acceptors (Lipinski definition) is 1. The van der Waals surface area contributed by atoms with Gasteiger partial charge in [-0.2, -0.15) is 0 Å². The van der Waals surface area contributed by atoms with Crippen molar-refractivity contribution < 1.29 is 9.90 Å². The Hall–Kier alpha value is -0.730. The van der Waals surface area contributed by atoms with Crippen LogP contribution < -0.4 is 5.32 Å². The van der Waals surface area contributed by atoms with Gasteiger partial charge in [-0.25, -0.2) is 4.79 Å². The molecule has 1 atom stereocenters. The molecule has 0 aromatic carbocycles. The second-order valence-corrected chi connectivity index (χ2v) is 2.20. The van der Waals surface area contributed by atoms with Crippen LogP contribution in [0.3, 0.4) is 0 Å². The van der Waals surface area contributed by atoms with Crippen molar-refractivity contribution in [3.05, 3.63) is 0 Å². The molecular weight excluding hydrogens is 118 g/mol. The summed E-state index contributed by atoms with van der Waals surface area (Å²) in [5, 5.41) is 10.5. The average Bonchev–Trinajstić information content (AvgIpc) is 1.83. The summed E-state index contributed by atoms with van der Waals surface area (Å²) in [6.45, 7) is 4.61. The zero-order valence-electron chi connectivity index (χ0n) is 5.85. The normalized spacial score (nSPS) is 12.7. The van der Waals surface area contributed by atoms with E-state index in [1.54, 1.807) is 0 Å². The third-order valence-electron chi connectivity index (χ3n) is 1.30. The van der Waals surface area contributed by atoms with E-state index in [2.05, 4.69) is 5.32 Å². The molecule has 0 radical (unpaired) electrons. The third kappa shape index (κ3) is 5.14. The van der Waals surface area contributed by atoms with Crippen LogP contribution in [0.15, 0.2) is 0 Å². The number of rotatable bonds is 3. The van der Waals surface area contributed by atoms with Crippen molar-refractivity contribution in [2.45, 2.75) is 20.3 Å². The summed E-state index contributed by atoms with van der Waals surface area (Å²) >= 11 is 0. The molecule has 0 aromatic rings. The van der Waals surface area contributed by atoms with E-state index in [0.29, 0.717) is 12.5 Å². The van der Waals surface area contributed by atoms with Crippen LogP contribution in [0.5, 0.6) is 0 Å². The molecule has 0 aliphatic rings. The van der Waals surface area contributed by atoms with Crippen molar-refractivity contribution >= 4 is 6.09 Å². The minimum Gasteiger partial charge on any atom is -0.465 e.